The maximum atomic E-state index is 12.1. The molecule has 0 fully saturated rings. The zero-order valence-electron chi connectivity index (χ0n) is 13.5. The Morgan fingerprint density at radius 3 is 2.20 bits per heavy atom. The smallest absolute Gasteiger partial charge is 0.338 e. The average Bonchev–Trinajstić information content (AvgIpc) is 2.59. The molecule has 0 bridgehead atoms. The van der Waals surface area contributed by atoms with E-state index in [1.165, 1.54) is 36.4 Å². The Hall–Kier alpha value is -3.49. The minimum absolute atomic E-state index is 0.0548. The van der Waals surface area contributed by atoms with Gasteiger partial charge >= 0.3 is 5.97 Å². The van der Waals surface area contributed by atoms with Gasteiger partial charge in [-0.25, -0.2) is 4.79 Å². The predicted molar refractivity (Wildman–Crippen MR) is 89.6 cm³/mol. The largest absolute Gasteiger partial charge is 0.457 e. The van der Waals surface area contributed by atoms with Crippen molar-refractivity contribution in [2.24, 2.45) is 0 Å². The van der Waals surface area contributed by atoms with Gasteiger partial charge < -0.3 is 9.64 Å². The van der Waals surface area contributed by atoms with Crippen molar-refractivity contribution in [3.63, 3.8) is 0 Å². The average molecular weight is 345 g/mol. The van der Waals surface area contributed by atoms with E-state index in [-0.39, 0.29) is 23.5 Å². The van der Waals surface area contributed by atoms with E-state index in [0.717, 1.165) is 6.07 Å². The molecule has 2 aromatic carbocycles. The number of benzene rings is 2. The molecule has 0 heterocycles. The first-order valence-electron chi connectivity index (χ1n) is 7.16. The minimum atomic E-state index is -0.716. The number of anilines is 1. The van der Waals surface area contributed by atoms with Crippen molar-refractivity contribution in [3.05, 3.63) is 73.8 Å². The molecule has 25 heavy (non-hydrogen) atoms. The molecule has 0 spiro atoms. The highest BCUT2D eigenvalue weighted by Crippen LogP contribution is 2.28. The highest BCUT2D eigenvalue weighted by molar-refractivity contribution is 5.91. The van der Waals surface area contributed by atoms with Gasteiger partial charge in [0.1, 0.15) is 12.3 Å². The predicted octanol–water partition coefficient (Wildman–Crippen LogP) is 2.93. The van der Waals surface area contributed by atoms with Crippen molar-refractivity contribution in [1.82, 2.24) is 0 Å². The number of carbonyl (C=O) groups is 1. The quantitative estimate of drug-likeness (QED) is 0.449. The second-order valence-electron chi connectivity index (χ2n) is 5.35. The fourth-order valence-electron chi connectivity index (χ4n) is 2.12. The van der Waals surface area contributed by atoms with Crippen LogP contribution in [-0.2, 0) is 11.3 Å². The van der Waals surface area contributed by atoms with Crippen LogP contribution in [0.25, 0.3) is 0 Å². The highest BCUT2D eigenvalue weighted by Gasteiger charge is 2.19. The van der Waals surface area contributed by atoms with Crippen LogP contribution in [-0.4, -0.2) is 29.9 Å². The standard InChI is InChI=1S/C16H15N3O6/c1-17(2)14-8-5-12(9-15(14)19(23)24)16(20)25-10-11-3-6-13(7-4-11)18(21)22/h3-9H,10H2,1-2H3. The normalized spacial score (nSPS) is 10.2. The summed E-state index contributed by atoms with van der Waals surface area (Å²) < 4.78 is 5.10. The minimum Gasteiger partial charge on any atom is -0.457 e. The Bertz CT molecular complexity index is 817. The van der Waals surface area contributed by atoms with Crippen LogP contribution in [0, 0.1) is 20.2 Å². The molecule has 0 aliphatic rings. The zero-order chi connectivity index (χ0) is 18.6. The molecule has 0 radical (unpaired) electrons. The van der Waals surface area contributed by atoms with Gasteiger partial charge in [-0.05, 0) is 29.8 Å². The van der Waals surface area contributed by atoms with Crippen LogP contribution in [0.2, 0.25) is 0 Å². The number of non-ortho nitro benzene ring substituents is 1. The summed E-state index contributed by atoms with van der Waals surface area (Å²) in [4.78, 5) is 34.3. The summed E-state index contributed by atoms with van der Waals surface area (Å²) in [5.41, 5.74) is 0.731. The van der Waals surface area contributed by atoms with Crippen LogP contribution in [0.3, 0.4) is 0 Å². The van der Waals surface area contributed by atoms with E-state index in [4.69, 9.17) is 4.74 Å². The number of nitrogens with zero attached hydrogens (tertiary/aromatic N) is 3. The monoisotopic (exact) mass is 345 g/mol. The van der Waals surface area contributed by atoms with Crippen molar-refractivity contribution in [3.8, 4) is 0 Å². The van der Waals surface area contributed by atoms with E-state index >= 15 is 0 Å². The molecule has 9 nitrogen and oxygen atoms in total. The molecule has 0 aliphatic heterocycles. The maximum Gasteiger partial charge on any atom is 0.338 e. The SMILES string of the molecule is CN(C)c1ccc(C(=O)OCc2ccc([N+](=O)[O-])cc2)cc1[N+](=O)[O-]. The van der Waals surface area contributed by atoms with Crippen molar-refractivity contribution < 1.29 is 19.4 Å². The first kappa shape index (κ1) is 17.9. The Labute approximate surface area is 142 Å². The second-order valence-corrected chi connectivity index (χ2v) is 5.35. The molecule has 0 aliphatic carbocycles. The summed E-state index contributed by atoms with van der Waals surface area (Å²) >= 11 is 0. The van der Waals surface area contributed by atoms with Gasteiger partial charge in [0.25, 0.3) is 11.4 Å². The molecule has 0 amide bonds. The van der Waals surface area contributed by atoms with Crippen LogP contribution >= 0.6 is 0 Å². The van der Waals surface area contributed by atoms with Gasteiger partial charge in [-0.15, -0.1) is 0 Å². The van der Waals surface area contributed by atoms with Gasteiger partial charge in [-0.3, -0.25) is 20.2 Å². The van der Waals surface area contributed by atoms with E-state index in [9.17, 15) is 25.0 Å². The number of rotatable bonds is 6. The van der Waals surface area contributed by atoms with Gasteiger partial charge in [0.15, 0.2) is 0 Å². The first-order chi connectivity index (χ1) is 11.8. The third-order valence-electron chi connectivity index (χ3n) is 3.41. The molecule has 0 saturated heterocycles. The van der Waals surface area contributed by atoms with E-state index in [1.54, 1.807) is 19.0 Å². The fraction of sp³-hybridized carbons (Fsp3) is 0.188. The molecule has 0 aromatic heterocycles. The van der Waals surface area contributed by atoms with Crippen LogP contribution in [0.15, 0.2) is 42.5 Å². The lowest BCUT2D eigenvalue weighted by Crippen LogP contribution is -2.12. The Kier molecular flexibility index (Phi) is 5.28. The van der Waals surface area contributed by atoms with Crippen molar-refractivity contribution in [1.29, 1.82) is 0 Å². The lowest BCUT2D eigenvalue weighted by molar-refractivity contribution is -0.384. The summed E-state index contributed by atoms with van der Waals surface area (Å²) in [6.45, 7) is -0.0972. The fourth-order valence-corrected chi connectivity index (χ4v) is 2.12. The van der Waals surface area contributed by atoms with Crippen LogP contribution in [0.4, 0.5) is 17.1 Å². The third kappa shape index (κ3) is 4.28. The van der Waals surface area contributed by atoms with Gasteiger partial charge in [-0.1, -0.05) is 0 Å². The van der Waals surface area contributed by atoms with Gasteiger partial charge in [0.05, 0.1) is 15.4 Å². The van der Waals surface area contributed by atoms with Crippen molar-refractivity contribution in [2.45, 2.75) is 6.61 Å². The number of hydrogen-bond acceptors (Lipinski definition) is 7. The van der Waals surface area contributed by atoms with Crippen molar-refractivity contribution in [2.75, 3.05) is 19.0 Å². The van der Waals surface area contributed by atoms with Gasteiger partial charge in [0.2, 0.25) is 0 Å². The van der Waals surface area contributed by atoms with Gasteiger partial charge in [-0.2, -0.15) is 0 Å². The van der Waals surface area contributed by atoms with E-state index < -0.39 is 15.8 Å². The van der Waals surface area contributed by atoms with E-state index in [0.29, 0.717) is 11.3 Å². The number of hydrogen-bond donors (Lipinski definition) is 0. The molecule has 130 valence electrons. The summed E-state index contributed by atoms with van der Waals surface area (Å²) in [7, 11) is 3.32. The summed E-state index contributed by atoms with van der Waals surface area (Å²) in [6.07, 6.45) is 0. The van der Waals surface area contributed by atoms with Crippen molar-refractivity contribution >= 4 is 23.0 Å². The molecular weight excluding hydrogens is 330 g/mol. The molecular formula is C16H15N3O6. The van der Waals surface area contributed by atoms with E-state index in [1.807, 2.05) is 0 Å². The Morgan fingerprint density at radius 2 is 1.68 bits per heavy atom. The Morgan fingerprint density at radius 1 is 1.04 bits per heavy atom. The molecule has 0 unspecified atom stereocenters. The summed E-state index contributed by atoms with van der Waals surface area (Å²) in [5.74, 6) is -0.716. The summed E-state index contributed by atoms with van der Waals surface area (Å²) in [6, 6.07) is 9.64. The van der Waals surface area contributed by atoms with Gasteiger partial charge in [0, 0.05) is 32.3 Å². The topological polar surface area (TPSA) is 116 Å². The molecule has 9 heteroatoms. The lowest BCUT2D eigenvalue weighted by atomic mass is 10.1. The molecule has 2 aromatic rings. The number of esters is 1. The molecule has 0 saturated carbocycles. The van der Waals surface area contributed by atoms with E-state index in [2.05, 4.69) is 0 Å². The molecule has 0 atom stereocenters. The second kappa shape index (κ2) is 7.39. The number of nitro benzene ring substituents is 2. The molecule has 2 rings (SSSR count). The highest BCUT2D eigenvalue weighted by atomic mass is 16.6. The number of carbonyl (C=O) groups excluding carboxylic acids is 1. The number of nitro groups is 2. The Balaban J connectivity index is 2.11. The van der Waals surface area contributed by atoms with Crippen LogP contribution in [0.1, 0.15) is 15.9 Å². The maximum absolute atomic E-state index is 12.1. The zero-order valence-corrected chi connectivity index (χ0v) is 13.5. The van der Waals surface area contributed by atoms with Crippen LogP contribution in [0.5, 0.6) is 0 Å². The van der Waals surface area contributed by atoms with Crippen LogP contribution < -0.4 is 4.90 Å². The first-order valence-corrected chi connectivity index (χ1v) is 7.16. The summed E-state index contributed by atoms with van der Waals surface area (Å²) in [5, 5.41) is 21.7. The molecule has 0 N–H and O–H groups in total. The third-order valence-corrected chi connectivity index (χ3v) is 3.41. The lowest BCUT2D eigenvalue weighted by Gasteiger charge is -2.13. The number of ether oxygens (including phenoxy) is 1.